The molecule has 106 valence electrons. The molecule has 0 atom stereocenters. The second kappa shape index (κ2) is 5.09. The third-order valence-corrected chi connectivity index (χ3v) is 3.91. The highest BCUT2D eigenvalue weighted by atomic mass is 79.9. The lowest BCUT2D eigenvalue weighted by Crippen LogP contribution is -2.07. The van der Waals surface area contributed by atoms with Gasteiger partial charge in [-0.15, -0.1) is 0 Å². The maximum absolute atomic E-state index is 11.7. The Morgan fingerprint density at radius 1 is 1.52 bits per heavy atom. The molecule has 2 heterocycles. The zero-order chi connectivity index (χ0) is 15.1. The molecule has 7 heteroatoms. The maximum atomic E-state index is 11.7. The van der Waals surface area contributed by atoms with Gasteiger partial charge in [-0.2, -0.15) is 0 Å². The van der Waals surface area contributed by atoms with Crippen molar-refractivity contribution < 1.29 is 9.90 Å². The van der Waals surface area contributed by atoms with Crippen molar-refractivity contribution in [3.8, 4) is 5.88 Å². The third kappa shape index (κ3) is 2.38. The van der Waals surface area contributed by atoms with E-state index in [4.69, 9.17) is 12.2 Å². The van der Waals surface area contributed by atoms with Gasteiger partial charge < -0.3 is 10.1 Å². The van der Waals surface area contributed by atoms with Gasteiger partial charge in [-0.3, -0.25) is 14.4 Å². The van der Waals surface area contributed by atoms with Crippen molar-refractivity contribution in [3.63, 3.8) is 0 Å². The van der Waals surface area contributed by atoms with Crippen LogP contribution in [0.1, 0.15) is 23.0 Å². The van der Waals surface area contributed by atoms with Crippen LogP contribution in [-0.4, -0.2) is 26.8 Å². The van der Waals surface area contributed by atoms with E-state index in [0.717, 1.165) is 21.3 Å². The summed E-state index contributed by atoms with van der Waals surface area (Å²) in [5, 5.41) is 9.93. The van der Waals surface area contributed by atoms with E-state index in [9.17, 15) is 9.90 Å². The molecule has 21 heavy (non-hydrogen) atoms. The van der Waals surface area contributed by atoms with E-state index in [1.165, 1.54) is 11.5 Å². The molecule has 2 N–H and O–H groups in total. The predicted octanol–water partition coefficient (Wildman–Crippen LogP) is 3.93. The molecule has 0 aliphatic carbocycles. The monoisotopic (exact) mass is 363 g/mol. The zero-order valence-electron chi connectivity index (χ0n) is 10.9. The fourth-order valence-electron chi connectivity index (χ4n) is 2.21. The highest BCUT2D eigenvalue weighted by molar-refractivity contribution is 9.10. The number of benzene rings is 1. The van der Waals surface area contributed by atoms with Crippen molar-refractivity contribution in [2.24, 2.45) is 4.99 Å². The van der Waals surface area contributed by atoms with Crippen molar-refractivity contribution >= 4 is 57.6 Å². The zero-order valence-corrected chi connectivity index (χ0v) is 13.3. The third-order valence-electron chi connectivity index (χ3n) is 3.13. The molecule has 5 nitrogen and oxygen atoms in total. The average Bonchev–Trinajstić information content (AvgIpc) is 2.92. The summed E-state index contributed by atoms with van der Waals surface area (Å²) in [5.41, 5.74) is 2.88. The second-order valence-corrected chi connectivity index (χ2v) is 5.84. The fourth-order valence-corrected chi connectivity index (χ4v) is 2.89. The van der Waals surface area contributed by atoms with E-state index in [2.05, 4.69) is 25.9 Å². The van der Waals surface area contributed by atoms with Crippen molar-refractivity contribution in [1.82, 2.24) is 9.55 Å². The minimum Gasteiger partial charge on any atom is -0.493 e. The molecule has 0 saturated heterocycles. The Morgan fingerprint density at radius 2 is 2.29 bits per heavy atom. The first-order valence-electron chi connectivity index (χ1n) is 6.08. The molecule has 0 spiro atoms. The van der Waals surface area contributed by atoms with Crippen LogP contribution in [0.3, 0.4) is 0 Å². The molecule has 0 saturated carbocycles. The molecule has 2 aromatic rings. The molecule has 1 aliphatic heterocycles. The number of imidazole rings is 1. The van der Waals surface area contributed by atoms with Crippen LogP contribution in [0.4, 0.5) is 5.69 Å². The number of H-pyrrole nitrogens is 1. The molecular weight excluding hydrogens is 354 g/mol. The minimum atomic E-state index is -0.271. The number of hydrogen-bond acceptors (Lipinski definition) is 4. The van der Waals surface area contributed by atoms with Crippen LogP contribution in [0, 0.1) is 4.77 Å². The number of nitrogens with zero attached hydrogens (tertiary/aromatic N) is 2. The lowest BCUT2D eigenvalue weighted by atomic mass is 10.1. The number of carbonyl (C=O) groups excluding carboxylic acids is 1. The van der Waals surface area contributed by atoms with Crippen molar-refractivity contribution in [2.75, 3.05) is 0 Å². The number of aromatic hydroxyl groups is 1. The van der Waals surface area contributed by atoms with E-state index in [1.54, 1.807) is 12.3 Å². The van der Waals surface area contributed by atoms with Crippen LogP contribution in [0.15, 0.2) is 27.7 Å². The van der Waals surface area contributed by atoms with E-state index in [-0.39, 0.29) is 16.6 Å². The molecular formula is C14H10BrN3O2S. The first kappa shape index (κ1) is 14.0. The van der Waals surface area contributed by atoms with Gasteiger partial charge in [0.2, 0.25) is 11.8 Å². The summed E-state index contributed by atoms with van der Waals surface area (Å²) < 4.78 is 2.34. The molecule has 0 amide bonds. The average molecular weight is 364 g/mol. The van der Waals surface area contributed by atoms with Crippen LogP contribution in [0.2, 0.25) is 0 Å². The Labute approximate surface area is 133 Å². The van der Waals surface area contributed by atoms with E-state index in [0.29, 0.717) is 5.69 Å². The van der Waals surface area contributed by atoms with Gasteiger partial charge in [0.05, 0.1) is 5.69 Å². The smallest absolute Gasteiger partial charge is 0.230 e. The topological polar surface area (TPSA) is 70.4 Å². The lowest BCUT2D eigenvalue weighted by molar-refractivity contribution is 0.0934. The Balaban J connectivity index is 2.19. The van der Waals surface area contributed by atoms with Gasteiger partial charge in [0.15, 0.2) is 4.77 Å². The van der Waals surface area contributed by atoms with Gasteiger partial charge in [0, 0.05) is 28.7 Å². The molecule has 0 fully saturated rings. The Kier molecular flexibility index (Phi) is 3.38. The van der Waals surface area contributed by atoms with Gasteiger partial charge in [-0.05, 0) is 36.5 Å². The van der Waals surface area contributed by atoms with Crippen molar-refractivity contribution in [2.45, 2.75) is 6.92 Å². The molecule has 3 rings (SSSR count). The summed E-state index contributed by atoms with van der Waals surface area (Å²) >= 11 is 8.45. The van der Waals surface area contributed by atoms with Crippen LogP contribution in [0.5, 0.6) is 5.88 Å². The highest BCUT2D eigenvalue weighted by Gasteiger charge is 2.17. The van der Waals surface area contributed by atoms with Crippen LogP contribution >= 0.6 is 28.1 Å². The largest absolute Gasteiger partial charge is 0.493 e. The van der Waals surface area contributed by atoms with Gasteiger partial charge in [0.1, 0.15) is 5.69 Å². The first-order chi connectivity index (χ1) is 9.97. The fraction of sp³-hybridized carbons (Fsp3) is 0.0714. The number of fused-ring (bicyclic) bond motifs is 1. The number of rotatable bonds is 1. The number of nitrogens with one attached hydrogen (secondary N) is 1. The lowest BCUT2D eigenvalue weighted by Gasteiger charge is -2.03. The number of allylic oxidation sites excluding steroid dienone is 1. The highest BCUT2D eigenvalue weighted by Crippen LogP contribution is 2.35. The Bertz CT molecular complexity index is 877. The van der Waals surface area contributed by atoms with Gasteiger partial charge in [-0.1, -0.05) is 15.9 Å². The van der Waals surface area contributed by atoms with E-state index < -0.39 is 0 Å². The number of aliphatic imine (C=N–C) groups is 1. The Morgan fingerprint density at radius 3 is 3.00 bits per heavy atom. The van der Waals surface area contributed by atoms with E-state index >= 15 is 0 Å². The normalized spacial score (nSPS) is 14.7. The van der Waals surface area contributed by atoms with Crippen LogP contribution in [0.25, 0.3) is 11.6 Å². The van der Waals surface area contributed by atoms with Crippen LogP contribution in [-0.2, 0) is 0 Å². The SMILES string of the molecule is CC(=O)n1c(/C=C2\C=Nc3ccc(Br)cc32)c(O)[nH]c1=S. The molecule has 0 bridgehead atoms. The first-order valence-corrected chi connectivity index (χ1v) is 7.28. The van der Waals surface area contributed by atoms with E-state index in [1.807, 2.05) is 18.2 Å². The number of halogens is 1. The Hall–Kier alpha value is -1.99. The number of aromatic nitrogens is 2. The number of carbonyl (C=O) groups is 1. The van der Waals surface area contributed by atoms with Crippen molar-refractivity contribution in [3.05, 3.63) is 38.7 Å². The maximum Gasteiger partial charge on any atom is 0.230 e. The summed E-state index contributed by atoms with van der Waals surface area (Å²) in [5.74, 6) is -0.410. The standard InChI is InChI=1S/C14H10BrN3O2S/c1-7(19)18-12(13(20)17-14(18)21)4-8-6-16-11-3-2-9(15)5-10(8)11/h2-6,20H,1H3,(H,17,21)/b8-4+. The summed E-state index contributed by atoms with van der Waals surface area (Å²) in [7, 11) is 0. The summed E-state index contributed by atoms with van der Waals surface area (Å²) in [6, 6.07) is 5.74. The summed E-state index contributed by atoms with van der Waals surface area (Å²) in [6.45, 7) is 1.39. The number of hydrogen-bond donors (Lipinski definition) is 2. The van der Waals surface area contributed by atoms with Gasteiger partial charge >= 0.3 is 0 Å². The second-order valence-electron chi connectivity index (χ2n) is 4.54. The predicted molar refractivity (Wildman–Crippen MR) is 87.7 cm³/mol. The summed E-state index contributed by atoms with van der Waals surface area (Å²) in [4.78, 5) is 18.6. The minimum absolute atomic E-state index is 0.139. The summed E-state index contributed by atoms with van der Waals surface area (Å²) in [6.07, 6.45) is 3.38. The van der Waals surface area contributed by atoms with Crippen LogP contribution < -0.4 is 0 Å². The molecule has 0 radical (unpaired) electrons. The van der Waals surface area contributed by atoms with Crippen molar-refractivity contribution in [1.29, 1.82) is 0 Å². The number of aromatic amines is 1. The molecule has 1 aromatic carbocycles. The quantitative estimate of drug-likeness (QED) is 0.754. The van der Waals surface area contributed by atoms with Gasteiger partial charge in [-0.25, -0.2) is 0 Å². The molecule has 1 aromatic heterocycles. The molecule has 0 unspecified atom stereocenters. The molecule has 1 aliphatic rings. The van der Waals surface area contributed by atoms with Gasteiger partial charge in [0.25, 0.3) is 0 Å².